The molecule has 2 N–H and O–H groups in total. The largest absolute Gasteiger partial charge is 0.303 e. The van der Waals surface area contributed by atoms with E-state index in [0.29, 0.717) is 5.92 Å². The van der Waals surface area contributed by atoms with E-state index in [9.17, 15) is 0 Å². The SMILES string of the molecule is C/C=C\c1c(C)ccc2c1C1=CC=CC3C1c1c(ccc4c1C2=CCC4)N3N. The lowest BCUT2D eigenvalue weighted by molar-refractivity contribution is 0.704. The molecule has 2 unspecified atom stereocenters. The number of nitrogens with two attached hydrogens (primary N) is 1. The second-order valence-corrected chi connectivity index (χ2v) is 8.29. The fourth-order valence-corrected chi connectivity index (χ4v) is 5.73. The van der Waals surface area contributed by atoms with E-state index >= 15 is 0 Å². The third-order valence-electron chi connectivity index (χ3n) is 6.89. The van der Waals surface area contributed by atoms with E-state index in [2.05, 4.69) is 74.6 Å². The van der Waals surface area contributed by atoms with Crippen LogP contribution in [0, 0.1) is 6.92 Å². The second-order valence-electron chi connectivity index (χ2n) is 8.29. The fraction of sp³-hybridized carbons (Fsp3) is 0.231. The number of hydrazine groups is 1. The van der Waals surface area contributed by atoms with Gasteiger partial charge in [-0.1, -0.05) is 54.7 Å². The molecule has 138 valence electrons. The number of hydrogen-bond donors (Lipinski definition) is 1. The molecule has 0 saturated heterocycles. The number of anilines is 1. The normalized spacial score (nSPS) is 23.3. The summed E-state index contributed by atoms with van der Waals surface area (Å²) in [5.41, 5.74) is 13.8. The second kappa shape index (κ2) is 5.59. The smallest absolute Gasteiger partial charge is 0.0746 e. The summed E-state index contributed by atoms with van der Waals surface area (Å²) in [6.07, 6.45) is 15.9. The number of hydrogen-bond acceptors (Lipinski definition) is 2. The van der Waals surface area contributed by atoms with Gasteiger partial charge >= 0.3 is 0 Å². The maximum absolute atomic E-state index is 6.63. The Morgan fingerprint density at radius 1 is 1.14 bits per heavy atom. The van der Waals surface area contributed by atoms with Gasteiger partial charge in [0.05, 0.1) is 11.7 Å². The quantitative estimate of drug-likeness (QED) is 0.675. The molecule has 6 rings (SSSR count). The molecule has 0 radical (unpaired) electrons. The van der Waals surface area contributed by atoms with Crippen LogP contribution in [0.5, 0.6) is 0 Å². The first-order valence-corrected chi connectivity index (χ1v) is 10.3. The van der Waals surface area contributed by atoms with Crippen LogP contribution < -0.4 is 10.9 Å². The van der Waals surface area contributed by atoms with Crippen LogP contribution in [0.1, 0.15) is 58.2 Å². The van der Waals surface area contributed by atoms with Crippen LogP contribution >= 0.6 is 0 Å². The van der Waals surface area contributed by atoms with Gasteiger partial charge in [-0.05, 0) is 82.8 Å². The molecule has 2 aromatic carbocycles. The van der Waals surface area contributed by atoms with Crippen molar-refractivity contribution in [2.24, 2.45) is 5.84 Å². The number of aryl methyl sites for hydroxylation is 2. The Kier molecular flexibility index (Phi) is 3.22. The van der Waals surface area contributed by atoms with Gasteiger partial charge < -0.3 is 5.01 Å². The van der Waals surface area contributed by atoms with Gasteiger partial charge in [-0.15, -0.1) is 0 Å². The molecule has 1 heterocycles. The summed E-state index contributed by atoms with van der Waals surface area (Å²) in [4.78, 5) is 0. The van der Waals surface area contributed by atoms with Crippen LogP contribution in [0.25, 0.3) is 17.2 Å². The molecule has 2 heteroatoms. The zero-order chi connectivity index (χ0) is 19.0. The topological polar surface area (TPSA) is 29.3 Å². The molecule has 2 atom stereocenters. The Morgan fingerprint density at radius 2 is 2.04 bits per heavy atom. The number of rotatable bonds is 1. The summed E-state index contributed by atoms with van der Waals surface area (Å²) in [6.45, 7) is 4.33. The van der Waals surface area contributed by atoms with E-state index in [0.717, 1.165) is 12.8 Å². The molecule has 0 bridgehead atoms. The Bertz CT molecular complexity index is 1160. The van der Waals surface area contributed by atoms with Crippen molar-refractivity contribution in [3.8, 4) is 0 Å². The van der Waals surface area contributed by atoms with Gasteiger partial charge in [0.25, 0.3) is 0 Å². The third kappa shape index (κ3) is 1.86. The monoisotopic (exact) mass is 364 g/mol. The summed E-state index contributed by atoms with van der Waals surface area (Å²) >= 11 is 0. The van der Waals surface area contributed by atoms with Crippen LogP contribution in [-0.4, -0.2) is 6.04 Å². The number of fused-ring (bicyclic) bond motifs is 3. The molecule has 4 aliphatic rings. The fourth-order valence-electron chi connectivity index (χ4n) is 5.73. The van der Waals surface area contributed by atoms with Gasteiger partial charge in [0.1, 0.15) is 0 Å². The molecule has 0 amide bonds. The van der Waals surface area contributed by atoms with Gasteiger partial charge in [-0.2, -0.15) is 0 Å². The number of nitrogens with zero attached hydrogens (tertiary/aromatic N) is 1. The van der Waals surface area contributed by atoms with E-state index in [-0.39, 0.29) is 6.04 Å². The lowest BCUT2D eigenvalue weighted by Crippen LogP contribution is -2.39. The first-order valence-electron chi connectivity index (χ1n) is 10.3. The van der Waals surface area contributed by atoms with E-state index in [1.165, 1.54) is 55.8 Å². The first-order chi connectivity index (χ1) is 13.7. The molecule has 2 aromatic rings. The van der Waals surface area contributed by atoms with Crippen molar-refractivity contribution in [3.05, 3.63) is 93.6 Å². The molecule has 2 nitrogen and oxygen atoms in total. The highest BCUT2D eigenvalue weighted by molar-refractivity contribution is 6.01. The molecule has 0 saturated carbocycles. The minimum atomic E-state index is 0.189. The van der Waals surface area contributed by atoms with Gasteiger partial charge in [-0.3, -0.25) is 0 Å². The maximum atomic E-state index is 6.63. The molecular formula is C26H24N2. The highest BCUT2D eigenvalue weighted by Crippen LogP contribution is 2.57. The van der Waals surface area contributed by atoms with E-state index < -0.39 is 0 Å². The zero-order valence-corrected chi connectivity index (χ0v) is 16.4. The standard InChI is InChI=1S/C26H24N2/c1-3-6-17-15(2)11-13-19-18-8-4-7-16-12-14-22-26(23(16)18)25-20(24(17)19)9-5-10-21(25)28(22)27/h3,5-6,8-14,21,25H,4,7,27H2,1-2H3/b6-3-. The molecule has 0 spiro atoms. The zero-order valence-electron chi connectivity index (χ0n) is 16.4. The maximum Gasteiger partial charge on any atom is 0.0746 e. The highest BCUT2D eigenvalue weighted by atomic mass is 15.4. The third-order valence-corrected chi connectivity index (χ3v) is 6.89. The predicted molar refractivity (Wildman–Crippen MR) is 118 cm³/mol. The van der Waals surface area contributed by atoms with Crippen molar-refractivity contribution >= 4 is 22.9 Å². The van der Waals surface area contributed by atoms with Crippen LogP contribution in [0.4, 0.5) is 5.69 Å². The van der Waals surface area contributed by atoms with Crippen molar-refractivity contribution in [1.29, 1.82) is 0 Å². The Hall–Kier alpha value is -2.84. The number of benzene rings is 2. The summed E-state index contributed by atoms with van der Waals surface area (Å²) in [7, 11) is 0. The molecule has 0 fully saturated rings. The van der Waals surface area contributed by atoms with Gasteiger partial charge in [0.2, 0.25) is 0 Å². The molecular weight excluding hydrogens is 340 g/mol. The summed E-state index contributed by atoms with van der Waals surface area (Å²) in [5.74, 6) is 6.93. The van der Waals surface area contributed by atoms with Crippen molar-refractivity contribution in [2.45, 2.75) is 38.6 Å². The van der Waals surface area contributed by atoms with Crippen molar-refractivity contribution < 1.29 is 0 Å². The van der Waals surface area contributed by atoms with Gasteiger partial charge in [0.15, 0.2) is 0 Å². The van der Waals surface area contributed by atoms with Crippen LogP contribution in [0.3, 0.4) is 0 Å². The minimum absolute atomic E-state index is 0.189. The average Bonchev–Trinajstić information content (AvgIpc) is 2.94. The minimum Gasteiger partial charge on any atom is -0.303 e. The van der Waals surface area contributed by atoms with E-state index in [1.54, 1.807) is 0 Å². The molecule has 3 aliphatic carbocycles. The first kappa shape index (κ1) is 16.1. The summed E-state index contributed by atoms with van der Waals surface area (Å²) in [5, 5.41) is 1.99. The van der Waals surface area contributed by atoms with Crippen molar-refractivity contribution in [1.82, 2.24) is 0 Å². The predicted octanol–water partition coefficient (Wildman–Crippen LogP) is 5.52. The summed E-state index contributed by atoms with van der Waals surface area (Å²) in [6, 6.07) is 9.36. The van der Waals surface area contributed by atoms with E-state index in [1.807, 2.05) is 5.01 Å². The van der Waals surface area contributed by atoms with E-state index in [4.69, 9.17) is 5.84 Å². The van der Waals surface area contributed by atoms with Gasteiger partial charge in [-0.25, -0.2) is 5.84 Å². The van der Waals surface area contributed by atoms with Gasteiger partial charge in [0, 0.05) is 5.92 Å². The number of allylic oxidation sites excluding steroid dienone is 4. The Labute approximate surface area is 166 Å². The average molecular weight is 364 g/mol. The van der Waals surface area contributed by atoms with Crippen molar-refractivity contribution in [3.63, 3.8) is 0 Å². The highest BCUT2D eigenvalue weighted by Gasteiger charge is 2.45. The van der Waals surface area contributed by atoms with Crippen LogP contribution in [0.15, 0.2) is 54.6 Å². The molecule has 1 aliphatic heterocycles. The molecule has 28 heavy (non-hydrogen) atoms. The van der Waals surface area contributed by atoms with Crippen LogP contribution in [-0.2, 0) is 6.42 Å². The summed E-state index contributed by atoms with van der Waals surface area (Å²) < 4.78 is 0. The Balaban J connectivity index is 1.80. The lowest BCUT2D eigenvalue weighted by Gasteiger charge is -2.29. The molecule has 0 aromatic heterocycles. The van der Waals surface area contributed by atoms with Crippen LogP contribution in [0.2, 0.25) is 0 Å². The Morgan fingerprint density at radius 3 is 2.89 bits per heavy atom. The van der Waals surface area contributed by atoms with Crippen molar-refractivity contribution in [2.75, 3.05) is 5.01 Å². The lowest BCUT2D eigenvalue weighted by atomic mass is 9.78.